The Hall–Kier alpha value is -2.48. The number of benzene rings is 1. The summed E-state index contributed by atoms with van der Waals surface area (Å²) in [7, 11) is 1.39. The molecular weight excluding hydrogens is 364 g/mol. The molecule has 156 valence electrons. The second kappa shape index (κ2) is 12.8. The number of hydrogen-bond donors (Lipinski definition) is 0. The number of ether oxygens (including phenoxy) is 2. The first-order valence-electron chi connectivity index (χ1n) is 9.72. The quantitative estimate of drug-likeness (QED) is 0.216. The smallest absolute Gasteiger partial charge is 0.340 e. The summed E-state index contributed by atoms with van der Waals surface area (Å²) in [5.74, 6) is -1.18. The van der Waals surface area contributed by atoms with Crippen LogP contribution in [0.15, 0.2) is 18.2 Å². The van der Waals surface area contributed by atoms with Crippen LogP contribution in [0.1, 0.15) is 62.7 Å². The lowest BCUT2D eigenvalue weighted by Crippen LogP contribution is -2.32. The number of carbonyl (C=O) groups excluding carboxylic acids is 2. The van der Waals surface area contributed by atoms with Gasteiger partial charge in [-0.1, -0.05) is 45.1 Å². The zero-order valence-corrected chi connectivity index (χ0v) is 16.9. The molecule has 1 aromatic rings. The predicted octanol–water partition coefficient (Wildman–Crippen LogP) is 4.11. The first kappa shape index (κ1) is 23.6. The lowest BCUT2D eigenvalue weighted by molar-refractivity contribution is -0.384. The number of rotatable bonds is 13. The van der Waals surface area contributed by atoms with Gasteiger partial charge in [0.1, 0.15) is 12.3 Å². The van der Waals surface area contributed by atoms with E-state index in [9.17, 15) is 19.7 Å². The number of nitrogens with zero attached hydrogens (tertiary/aromatic N) is 2. The SMILES string of the molecule is CCCCCCCCOCC(=O)N(C)c1c(C(=O)OCC)cccc1[N+](=O)[O-]. The monoisotopic (exact) mass is 394 g/mol. The summed E-state index contributed by atoms with van der Waals surface area (Å²) in [4.78, 5) is 36.4. The minimum atomic E-state index is -0.714. The van der Waals surface area contributed by atoms with Crippen molar-refractivity contribution in [2.75, 3.05) is 31.8 Å². The number of para-hydroxylation sites is 1. The Morgan fingerprint density at radius 1 is 1.11 bits per heavy atom. The van der Waals surface area contributed by atoms with E-state index in [1.807, 2.05) is 0 Å². The Morgan fingerprint density at radius 2 is 1.79 bits per heavy atom. The van der Waals surface area contributed by atoms with E-state index >= 15 is 0 Å². The molecule has 0 heterocycles. The molecule has 0 fully saturated rings. The van der Waals surface area contributed by atoms with Crippen molar-refractivity contribution in [3.63, 3.8) is 0 Å². The summed E-state index contributed by atoms with van der Waals surface area (Å²) in [5, 5.41) is 11.4. The number of anilines is 1. The van der Waals surface area contributed by atoms with Gasteiger partial charge in [0.15, 0.2) is 0 Å². The lowest BCUT2D eigenvalue weighted by Gasteiger charge is -2.20. The maximum absolute atomic E-state index is 12.5. The Kier molecular flexibility index (Phi) is 10.8. The van der Waals surface area contributed by atoms with Crippen molar-refractivity contribution in [3.05, 3.63) is 33.9 Å². The Labute approximate surface area is 166 Å². The maximum atomic E-state index is 12.5. The van der Waals surface area contributed by atoms with E-state index in [2.05, 4.69) is 6.92 Å². The number of esters is 1. The van der Waals surface area contributed by atoms with Crippen LogP contribution in [-0.4, -0.2) is 43.7 Å². The van der Waals surface area contributed by atoms with Gasteiger partial charge in [0.2, 0.25) is 0 Å². The molecule has 0 aliphatic carbocycles. The number of carbonyl (C=O) groups is 2. The van der Waals surface area contributed by atoms with Gasteiger partial charge in [-0.2, -0.15) is 0 Å². The normalized spacial score (nSPS) is 10.5. The Balaban J connectivity index is 2.73. The van der Waals surface area contributed by atoms with Crippen molar-refractivity contribution in [3.8, 4) is 0 Å². The average molecular weight is 394 g/mol. The molecule has 0 aliphatic rings. The predicted molar refractivity (Wildman–Crippen MR) is 107 cm³/mol. The largest absolute Gasteiger partial charge is 0.462 e. The van der Waals surface area contributed by atoms with Crippen LogP contribution in [0.25, 0.3) is 0 Å². The highest BCUT2D eigenvalue weighted by Crippen LogP contribution is 2.32. The summed E-state index contributed by atoms with van der Waals surface area (Å²) in [5.41, 5.74) is -0.445. The third-order valence-corrected chi connectivity index (χ3v) is 4.28. The molecular formula is C20H30N2O6. The molecule has 1 aromatic carbocycles. The summed E-state index contributed by atoms with van der Waals surface area (Å²) >= 11 is 0. The molecule has 0 aromatic heterocycles. The van der Waals surface area contributed by atoms with E-state index in [1.165, 1.54) is 44.5 Å². The van der Waals surface area contributed by atoms with Gasteiger partial charge in [-0.05, 0) is 19.4 Å². The number of hydrogen-bond acceptors (Lipinski definition) is 6. The topological polar surface area (TPSA) is 99.0 Å². The fraction of sp³-hybridized carbons (Fsp3) is 0.600. The summed E-state index contributed by atoms with van der Waals surface area (Å²) < 4.78 is 10.4. The van der Waals surface area contributed by atoms with Crippen molar-refractivity contribution < 1.29 is 24.0 Å². The molecule has 0 unspecified atom stereocenters. The van der Waals surface area contributed by atoms with E-state index in [-0.39, 0.29) is 30.2 Å². The van der Waals surface area contributed by atoms with Crippen molar-refractivity contribution in [1.29, 1.82) is 0 Å². The summed E-state index contributed by atoms with van der Waals surface area (Å²) in [6, 6.07) is 4.04. The number of likely N-dealkylation sites (N-methyl/N-ethyl adjacent to an activating group) is 1. The molecule has 0 saturated carbocycles. The van der Waals surface area contributed by atoms with Crippen molar-refractivity contribution in [1.82, 2.24) is 0 Å². The number of nitro benzene ring substituents is 1. The first-order chi connectivity index (χ1) is 13.4. The van der Waals surface area contributed by atoms with Gasteiger partial charge < -0.3 is 14.4 Å². The molecule has 8 heteroatoms. The third kappa shape index (κ3) is 7.26. The second-order valence-electron chi connectivity index (χ2n) is 6.42. The fourth-order valence-electron chi connectivity index (χ4n) is 2.77. The molecule has 28 heavy (non-hydrogen) atoms. The standard InChI is InChI=1S/C20H30N2O6/c1-4-6-7-8-9-10-14-27-15-18(23)21(3)19-16(20(24)28-5-2)12-11-13-17(19)22(25)26/h11-13H,4-10,14-15H2,1-3H3. The zero-order chi connectivity index (χ0) is 20.9. The highest BCUT2D eigenvalue weighted by Gasteiger charge is 2.28. The maximum Gasteiger partial charge on any atom is 0.340 e. The highest BCUT2D eigenvalue weighted by atomic mass is 16.6. The van der Waals surface area contributed by atoms with Crippen LogP contribution in [0.5, 0.6) is 0 Å². The van der Waals surface area contributed by atoms with E-state index in [1.54, 1.807) is 6.92 Å². The van der Waals surface area contributed by atoms with Crippen LogP contribution in [0.2, 0.25) is 0 Å². The van der Waals surface area contributed by atoms with Crippen LogP contribution in [0.3, 0.4) is 0 Å². The Bertz CT molecular complexity index is 662. The molecule has 0 saturated heterocycles. The molecule has 8 nitrogen and oxygen atoms in total. The molecule has 1 rings (SSSR count). The van der Waals surface area contributed by atoms with Gasteiger partial charge >= 0.3 is 5.97 Å². The number of unbranched alkanes of at least 4 members (excludes halogenated alkanes) is 5. The number of nitro groups is 1. The molecule has 0 radical (unpaired) electrons. The molecule has 0 N–H and O–H groups in total. The minimum Gasteiger partial charge on any atom is -0.462 e. The third-order valence-electron chi connectivity index (χ3n) is 4.28. The number of amides is 1. The fourth-order valence-corrected chi connectivity index (χ4v) is 2.77. The van der Waals surface area contributed by atoms with Gasteiger partial charge in [0, 0.05) is 19.7 Å². The van der Waals surface area contributed by atoms with Crippen molar-refractivity contribution in [2.45, 2.75) is 52.4 Å². The molecule has 1 amide bonds. The van der Waals surface area contributed by atoms with Crippen LogP contribution in [-0.2, 0) is 14.3 Å². The van der Waals surface area contributed by atoms with Crippen LogP contribution < -0.4 is 4.90 Å². The van der Waals surface area contributed by atoms with Crippen LogP contribution in [0.4, 0.5) is 11.4 Å². The van der Waals surface area contributed by atoms with Gasteiger partial charge in [0.05, 0.1) is 17.1 Å². The van der Waals surface area contributed by atoms with Gasteiger partial charge in [-0.3, -0.25) is 14.9 Å². The van der Waals surface area contributed by atoms with Gasteiger partial charge in [-0.25, -0.2) is 4.79 Å². The van der Waals surface area contributed by atoms with Crippen LogP contribution >= 0.6 is 0 Å². The van der Waals surface area contributed by atoms with Gasteiger partial charge in [0.25, 0.3) is 11.6 Å². The zero-order valence-electron chi connectivity index (χ0n) is 16.9. The molecule has 0 atom stereocenters. The molecule has 0 bridgehead atoms. The molecule has 0 spiro atoms. The van der Waals surface area contributed by atoms with Crippen LogP contribution in [0, 0.1) is 10.1 Å². The Morgan fingerprint density at radius 3 is 2.43 bits per heavy atom. The second-order valence-corrected chi connectivity index (χ2v) is 6.42. The van der Waals surface area contributed by atoms with Crippen molar-refractivity contribution >= 4 is 23.3 Å². The average Bonchev–Trinajstić information content (AvgIpc) is 2.68. The first-order valence-corrected chi connectivity index (χ1v) is 9.72. The van der Waals surface area contributed by atoms with E-state index in [4.69, 9.17) is 9.47 Å². The van der Waals surface area contributed by atoms with E-state index in [0.717, 1.165) is 24.2 Å². The highest BCUT2D eigenvalue weighted by molar-refractivity contribution is 6.05. The van der Waals surface area contributed by atoms with E-state index < -0.39 is 16.8 Å². The lowest BCUT2D eigenvalue weighted by atomic mass is 10.1. The van der Waals surface area contributed by atoms with Gasteiger partial charge in [-0.15, -0.1) is 0 Å². The van der Waals surface area contributed by atoms with Crippen molar-refractivity contribution in [2.24, 2.45) is 0 Å². The minimum absolute atomic E-state index is 0.0252. The van der Waals surface area contributed by atoms with E-state index in [0.29, 0.717) is 6.61 Å². The molecule has 0 aliphatic heterocycles. The summed E-state index contributed by atoms with van der Waals surface area (Å²) in [6.45, 7) is 4.17. The summed E-state index contributed by atoms with van der Waals surface area (Å²) in [6.07, 6.45) is 6.66.